The SMILES string of the molecule is C/C=C1/CN2CC[C@]34C(O)=C(C(=O)OC)[C@H]1C[C@]23N(C(=O)OC)c1ccccc14. The smallest absolute Gasteiger partial charge is 0.415 e. The van der Waals surface area contributed by atoms with Crippen LogP contribution in [-0.2, 0) is 19.7 Å². The van der Waals surface area contributed by atoms with Crippen molar-refractivity contribution in [1.82, 2.24) is 4.90 Å². The third kappa shape index (κ3) is 1.83. The van der Waals surface area contributed by atoms with Crippen LogP contribution in [0.25, 0.3) is 0 Å². The maximum Gasteiger partial charge on any atom is 0.415 e. The number of para-hydroxylation sites is 1. The molecule has 7 heteroatoms. The van der Waals surface area contributed by atoms with Crippen molar-refractivity contribution >= 4 is 17.7 Å². The highest BCUT2D eigenvalue weighted by Gasteiger charge is 2.76. The molecule has 1 spiro atoms. The number of aliphatic hydroxyl groups excluding tert-OH is 1. The first-order valence-corrected chi connectivity index (χ1v) is 9.87. The van der Waals surface area contributed by atoms with E-state index < -0.39 is 23.1 Å². The van der Waals surface area contributed by atoms with Gasteiger partial charge in [0.25, 0.3) is 0 Å². The van der Waals surface area contributed by atoms with Crippen molar-refractivity contribution in [3.63, 3.8) is 0 Å². The van der Waals surface area contributed by atoms with Gasteiger partial charge in [-0.15, -0.1) is 0 Å². The number of ether oxygens (including phenoxy) is 2. The van der Waals surface area contributed by atoms with Crippen molar-refractivity contribution in [1.29, 1.82) is 0 Å². The summed E-state index contributed by atoms with van der Waals surface area (Å²) in [4.78, 5) is 29.8. The van der Waals surface area contributed by atoms with E-state index in [9.17, 15) is 14.7 Å². The average molecular weight is 396 g/mol. The number of hydrogen-bond acceptors (Lipinski definition) is 6. The van der Waals surface area contributed by atoms with Crippen LogP contribution in [0, 0.1) is 5.92 Å². The van der Waals surface area contributed by atoms with Crippen molar-refractivity contribution in [2.75, 3.05) is 32.2 Å². The largest absolute Gasteiger partial charge is 0.511 e. The molecule has 7 nitrogen and oxygen atoms in total. The Hall–Kier alpha value is -2.80. The molecule has 1 aromatic carbocycles. The summed E-state index contributed by atoms with van der Waals surface area (Å²) in [6.45, 7) is 3.27. The number of amides is 1. The van der Waals surface area contributed by atoms with E-state index in [1.807, 2.05) is 37.3 Å². The molecule has 29 heavy (non-hydrogen) atoms. The first kappa shape index (κ1) is 18.2. The van der Waals surface area contributed by atoms with Crippen LogP contribution in [0.2, 0.25) is 0 Å². The number of esters is 1. The van der Waals surface area contributed by atoms with Gasteiger partial charge in [0.1, 0.15) is 11.4 Å². The van der Waals surface area contributed by atoms with Gasteiger partial charge < -0.3 is 14.6 Å². The second-order valence-corrected chi connectivity index (χ2v) is 8.09. The number of aliphatic hydroxyl groups is 1. The number of allylic oxidation sites excluding steroid dienone is 1. The fraction of sp³-hybridized carbons (Fsp3) is 0.455. The molecule has 1 amide bonds. The maximum absolute atomic E-state index is 13.0. The summed E-state index contributed by atoms with van der Waals surface area (Å²) in [6.07, 6.45) is 2.66. The van der Waals surface area contributed by atoms with Crippen LogP contribution < -0.4 is 4.90 Å². The fourth-order valence-electron chi connectivity index (χ4n) is 6.32. The van der Waals surface area contributed by atoms with Gasteiger partial charge >= 0.3 is 12.1 Å². The normalized spacial score (nSPS) is 33.6. The minimum absolute atomic E-state index is 0.0287. The first-order valence-electron chi connectivity index (χ1n) is 9.87. The molecular formula is C22H24N2O5. The van der Waals surface area contributed by atoms with Gasteiger partial charge in [0.15, 0.2) is 0 Å². The minimum atomic E-state index is -0.878. The molecule has 3 atom stereocenters. The predicted octanol–water partition coefficient (Wildman–Crippen LogP) is 2.88. The molecule has 0 aromatic heterocycles. The molecule has 2 fully saturated rings. The molecule has 0 unspecified atom stereocenters. The van der Waals surface area contributed by atoms with Crippen LogP contribution in [0.1, 0.15) is 25.3 Å². The second-order valence-electron chi connectivity index (χ2n) is 8.09. The number of piperidine rings is 1. The first-order chi connectivity index (χ1) is 14.0. The Labute approximate surface area is 169 Å². The fourth-order valence-corrected chi connectivity index (χ4v) is 6.32. The Balaban J connectivity index is 1.89. The Morgan fingerprint density at radius 1 is 1.24 bits per heavy atom. The van der Waals surface area contributed by atoms with Crippen LogP contribution in [0.4, 0.5) is 10.5 Å². The lowest BCUT2D eigenvalue weighted by Gasteiger charge is -2.57. The van der Waals surface area contributed by atoms with E-state index in [2.05, 4.69) is 4.90 Å². The number of methoxy groups -OCH3 is 2. The predicted molar refractivity (Wildman–Crippen MR) is 105 cm³/mol. The Bertz CT molecular complexity index is 999. The quantitative estimate of drug-likeness (QED) is 0.581. The number of carbonyl (C=O) groups excluding carboxylic acids is 2. The number of benzene rings is 1. The number of rotatable bonds is 1. The highest BCUT2D eigenvalue weighted by molar-refractivity contribution is 5.98. The van der Waals surface area contributed by atoms with E-state index >= 15 is 0 Å². The van der Waals surface area contributed by atoms with Crippen molar-refractivity contribution in [2.45, 2.75) is 30.8 Å². The monoisotopic (exact) mass is 396 g/mol. The van der Waals surface area contributed by atoms with Gasteiger partial charge in [-0.3, -0.25) is 9.80 Å². The van der Waals surface area contributed by atoms with Crippen molar-refractivity contribution in [3.05, 3.63) is 52.8 Å². The molecule has 3 heterocycles. The molecule has 2 bridgehead atoms. The van der Waals surface area contributed by atoms with E-state index in [1.54, 1.807) is 4.90 Å². The standard InChI is InChI=1S/C22H24N2O5/c1-4-13-12-23-10-9-21-15-7-5-6-8-16(15)24(20(27)29-3)22(21,23)11-14(13)17(18(21)25)19(26)28-2/h4-8,14,25H,9-12H2,1-3H3/b13-4-/t14-,21-,22+/m0/s1. The lowest BCUT2D eigenvalue weighted by atomic mass is 9.59. The molecular weight excluding hydrogens is 372 g/mol. The topological polar surface area (TPSA) is 79.3 Å². The molecule has 1 N–H and O–H groups in total. The third-order valence-electron chi connectivity index (χ3n) is 7.39. The van der Waals surface area contributed by atoms with Gasteiger partial charge in [-0.2, -0.15) is 0 Å². The molecule has 3 aliphatic heterocycles. The molecule has 2 saturated heterocycles. The molecule has 1 aliphatic carbocycles. The number of anilines is 1. The Morgan fingerprint density at radius 3 is 2.69 bits per heavy atom. The highest BCUT2D eigenvalue weighted by atomic mass is 16.5. The zero-order valence-electron chi connectivity index (χ0n) is 16.8. The minimum Gasteiger partial charge on any atom is -0.511 e. The van der Waals surface area contributed by atoms with E-state index in [0.717, 1.165) is 16.8 Å². The van der Waals surface area contributed by atoms with Crippen LogP contribution in [-0.4, -0.2) is 55.0 Å². The summed E-state index contributed by atoms with van der Waals surface area (Å²) < 4.78 is 10.3. The van der Waals surface area contributed by atoms with Crippen molar-refractivity contribution < 1.29 is 24.2 Å². The third-order valence-corrected chi connectivity index (χ3v) is 7.39. The van der Waals surface area contributed by atoms with Gasteiger partial charge in [-0.25, -0.2) is 9.59 Å². The van der Waals surface area contributed by atoms with Crippen LogP contribution in [0.3, 0.4) is 0 Å². The lowest BCUT2D eigenvalue weighted by Crippen LogP contribution is -2.70. The second kappa shape index (κ2) is 5.86. The number of fused-ring (bicyclic) bond motifs is 2. The summed E-state index contributed by atoms with van der Waals surface area (Å²) in [6, 6.07) is 7.61. The number of carbonyl (C=O) groups is 2. The van der Waals surface area contributed by atoms with Gasteiger partial charge in [0, 0.05) is 19.0 Å². The summed E-state index contributed by atoms with van der Waals surface area (Å²) >= 11 is 0. The molecule has 1 aromatic rings. The zero-order valence-corrected chi connectivity index (χ0v) is 16.8. The van der Waals surface area contributed by atoms with Crippen LogP contribution in [0.15, 0.2) is 47.2 Å². The van der Waals surface area contributed by atoms with E-state index in [4.69, 9.17) is 9.47 Å². The van der Waals surface area contributed by atoms with E-state index in [0.29, 0.717) is 31.5 Å². The van der Waals surface area contributed by atoms with Crippen molar-refractivity contribution in [3.8, 4) is 0 Å². The summed E-state index contributed by atoms with van der Waals surface area (Å²) in [5.74, 6) is -0.790. The summed E-state index contributed by atoms with van der Waals surface area (Å²) in [5.41, 5.74) is 1.27. The molecule has 0 saturated carbocycles. The Morgan fingerprint density at radius 2 is 2.00 bits per heavy atom. The number of nitrogens with zero attached hydrogens (tertiary/aromatic N) is 2. The molecule has 152 valence electrons. The van der Waals surface area contributed by atoms with E-state index in [-0.39, 0.29) is 11.7 Å². The van der Waals surface area contributed by atoms with Gasteiger partial charge in [0.2, 0.25) is 0 Å². The average Bonchev–Trinajstić information content (AvgIpc) is 3.22. The Kier molecular flexibility index (Phi) is 3.68. The molecule has 4 aliphatic rings. The van der Waals surface area contributed by atoms with Gasteiger partial charge in [-0.05, 0) is 31.4 Å². The van der Waals surface area contributed by atoms with Crippen LogP contribution in [0.5, 0.6) is 0 Å². The molecule has 5 rings (SSSR count). The number of hydrogen-bond donors (Lipinski definition) is 1. The van der Waals surface area contributed by atoms with Crippen LogP contribution >= 0.6 is 0 Å². The van der Waals surface area contributed by atoms with E-state index in [1.165, 1.54) is 14.2 Å². The maximum atomic E-state index is 13.0. The van der Waals surface area contributed by atoms with Crippen molar-refractivity contribution in [2.24, 2.45) is 5.92 Å². The summed E-state index contributed by atoms with van der Waals surface area (Å²) in [7, 11) is 2.71. The zero-order chi connectivity index (χ0) is 20.6. The van der Waals surface area contributed by atoms with Gasteiger partial charge in [-0.1, -0.05) is 29.8 Å². The molecule has 0 radical (unpaired) electrons. The highest BCUT2D eigenvalue weighted by Crippen LogP contribution is 2.68. The summed E-state index contributed by atoms with van der Waals surface area (Å²) in [5, 5.41) is 11.7. The van der Waals surface area contributed by atoms with Gasteiger partial charge in [0.05, 0.1) is 30.9 Å². The lowest BCUT2D eigenvalue weighted by molar-refractivity contribution is -0.137.